The van der Waals surface area contributed by atoms with Crippen molar-refractivity contribution in [3.8, 4) is 0 Å². The van der Waals surface area contributed by atoms with Crippen LogP contribution < -0.4 is 10.9 Å². The number of likely N-dealkylation sites (N-methyl/N-ethyl adjacent to an activating group) is 2. The summed E-state index contributed by atoms with van der Waals surface area (Å²) >= 11 is 11.3. The highest BCUT2D eigenvalue weighted by molar-refractivity contribution is 7.80. The lowest BCUT2D eigenvalue weighted by atomic mass is 9.96. The summed E-state index contributed by atoms with van der Waals surface area (Å²) in [5.74, 6) is -0.852. The average molecular weight is 481 g/mol. The average Bonchev–Trinajstić information content (AvgIpc) is 3.73. The molecule has 33 heavy (non-hydrogen) atoms. The molecule has 2 fully saturated rings. The lowest BCUT2D eigenvalue weighted by Gasteiger charge is -2.28. The standard InChI is InChI=1S/C25H28N4O2S2/c1-28(22(32)24(13-14-24)18-9-5-3-6-10-18)26-20(30)17-21(31)27-29(2)23(33)25(15-16-25)19-11-7-4-8-12-19/h3-12H,13-17H2,1-2H3,(H,26,30)(H,27,31). The molecule has 0 atom stereocenters. The zero-order valence-electron chi connectivity index (χ0n) is 18.8. The lowest BCUT2D eigenvalue weighted by Crippen LogP contribution is -2.50. The smallest absolute Gasteiger partial charge is 0.248 e. The van der Waals surface area contributed by atoms with Crippen LogP contribution in [-0.4, -0.2) is 45.9 Å². The van der Waals surface area contributed by atoms with Gasteiger partial charge < -0.3 is 0 Å². The molecule has 0 saturated heterocycles. The third-order valence-electron chi connectivity index (χ3n) is 6.49. The molecule has 0 aliphatic heterocycles. The Morgan fingerprint density at radius 1 is 0.727 bits per heavy atom. The Labute approximate surface area is 205 Å². The highest BCUT2D eigenvalue weighted by Crippen LogP contribution is 2.50. The normalized spacial score (nSPS) is 16.8. The van der Waals surface area contributed by atoms with Crippen molar-refractivity contribution in [3.63, 3.8) is 0 Å². The zero-order valence-corrected chi connectivity index (χ0v) is 20.5. The summed E-state index contributed by atoms with van der Waals surface area (Å²) in [6.45, 7) is 0. The number of benzene rings is 2. The van der Waals surface area contributed by atoms with E-state index in [1.54, 1.807) is 24.1 Å². The molecule has 2 amide bonds. The van der Waals surface area contributed by atoms with Gasteiger partial charge in [-0.05, 0) is 36.8 Å². The minimum absolute atomic E-state index is 0.219. The van der Waals surface area contributed by atoms with Crippen molar-refractivity contribution in [2.24, 2.45) is 0 Å². The first-order chi connectivity index (χ1) is 15.8. The number of rotatable bonds is 6. The van der Waals surface area contributed by atoms with E-state index in [0.717, 1.165) is 36.8 Å². The molecule has 0 bridgehead atoms. The number of amides is 2. The maximum atomic E-state index is 12.5. The van der Waals surface area contributed by atoms with Gasteiger partial charge in [0.1, 0.15) is 16.4 Å². The molecule has 4 rings (SSSR count). The number of hydrogen-bond acceptors (Lipinski definition) is 4. The topological polar surface area (TPSA) is 64.7 Å². The van der Waals surface area contributed by atoms with E-state index in [1.807, 2.05) is 36.4 Å². The highest BCUT2D eigenvalue weighted by Gasteiger charge is 2.50. The molecule has 0 unspecified atom stereocenters. The molecule has 0 aromatic heterocycles. The van der Waals surface area contributed by atoms with E-state index in [9.17, 15) is 9.59 Å². The van der Waals surface area contributed by atoms with Crippen LogP contribution in [0.4, 0.5) is 0 Å². The Hall–Kier alpha value is -2.84. The maximum Gasteiger partial charge on any atom is 0.248 e. The van der Waals surface area contributed by atoms with Gasteiger partial charge in [0.25, 0.3) is 0 Å². The predicted octanol–water partition coefficient (Wildman–Crippen LogP) is 3.42. The van der Waals surface area contributed by atoms with Crippen LogP contribution in [0, 0.1) is 0 Å². The molecular weight excluding hydrogens is 452 g/mol. The van der Waals surface area contributed by atoms with E-state index >= 15 is 0 Å². The van der Waals surface area contributed by atoms with Crippen LogP contribution in [0.15, 0.2) is 60.7 Å². The van der Waals surface area contributed by atoms with Crippen molar-refractivity contribution in [2.45, 2.75) is 42.9 Å². The van der Waals surface area contributed by atoms with Crippen molar-refractivity contribution < 1.29 is 9.59 Å². The number of carbonyl (C=O) groups excluding carboxylic acids is 2. The van der Waals surface area contributed by atoms with Gasteiger partial charge in [-0.1, -0.05) is 85.1 Å². The van der Waals surface area contributed by atoms with Gasteiger partial charge in [0.15, 0.2) is 0 Å². The van der Waals surface area contributed by atoms with Gasteiger partial charge in [-0.3, -0.25) is 30.5 Å². The molecule has 172 valence electrons. The van der Waals surface area contributed by atoms with Crippen LogP contribution in [0.5, 0.6) is 0 Å². The number of carbonyl (C=O) groups is 2. The van der Waals surface area contributed by atoms with E-state index in [-0.39, 0.29) is 17.3 Å². The van der Waals surface area contributed by atoms with E-state index in [4.69, 9.17) is 24.4 Å². The molecule has 2 aromatic rings. The molecular formula is C25H28N4O2S2. The molecule has 0 spiro atoms. The van der Waals surface area contributed by atoms with Crippen molar-refractivity contribution in [1.82, 2.24) is 20.9 Å². The molecule has 8 heteroatoms. The minimum atomic E-state index is -0.426. The third kappa shape index (κ3) is 4.77. The summed E-state index contributed by atoms with van der Waals surface area (Å²) < 4.78 is 0. The second kappa shape index (κ2) is 9.19. The summed E-state index contributed by atoms with van der Waals surface area (Å²) in [6, 6.07) is 20.1. The molecule has 2 aliphatic rings. The van der Waals surface area contributed by atoms with Gasteiger partial charge in [-0.2, -0.15) is 0 Å². The van der Waals surface area contributed by atoms with Crippen LogP contribution in [0.3, 0.4) is 0 Å². The maximum absolute atomic E-state index is 12.5. The van der Waals surface area contributed by atoms with E-state index in [2.05, 4.69) is 35.1 Å². The van der Waals surface area contributed by atoms with E-state index in [0.29, 0.717) is 9.98 Å². The largest absolute Gasteiger partial charge is 0.281 e. The summed E-state index contributed by atoms with van der Waals surface area (Å²) in [5.41, 5.74) is 7.34. The van der Waals surface area contributed by atoms with Gasteiger partial charge in [-0.25, -0.2) is 0 Å². The summed E-state index contributed by atoms with van der Waals surface area (Å²) in [6.07, 6.45) is 3.46. The Kier molecular flexibility index (Phi) is 6.50. The van der Waals surface area contributed by atoms with Crippen LogP contribution in [0.2, 0.25) is 0 Å². The Balaban J connectivity index is 1.29. The van der Waals surface area contributed by atoms with Crippen LogP contribution in [-0.2, 0) is 20.4 Å². The van der Waals surface area contributed by atoms with Crippen LogP contribution >= 0.6 is 24.4 Å². The molecule has 2 N–H and O–H groups in total. The van der Waals surface area contributed by atoms with E-state index in [1.165, 1.54) is 0 Å². The SMILES string of the molecule is CN(NC(=O)CC(=O)NN(C)C(=S)C1(c2ccccc2)CC1)C(=S)C1(c2ccccc2)CC1. The van der Waals surface area contributed by atoms with Crippen LogP contribution in [0.1, 0.15) is 43.2 Å². The van der Waals surface area contributed by atoms with Gasteiger partial charge >= 0.3 is 0 Å². The van der Waals surface area contributed by atoms with Crippen molar-refractivity contribution in [1.29, 1.82) is 0 Å². The zero-order chi connectivity index (χ0) is 23.6. The molecule has 2 saturated carbocycles. The summed E-state index contributed by atoms with van der Waals surface area (Å²) in [5, 5.41) is 3.13. The second-order valence-corrected chi connectivity index (χ2v) is 9.64. The Morgan fingerprint density at radius 3 is 1.36 bits per heavy atom. The number of nitrogens with zero attached hydrogens (tertiary/aromatic N) is 2. The number of nitrogens with one attached hydrogen (secondary N) is 2. The third-order valence-corrected chi connectivity index (χ3v) is 7.82. The molecule has 0 heterocycles. The Bertz CT molecular complexity index is 981. The molecule has 2 aromatic carbocycles. The first-order valence-corrected chi connectivity index (χ1v) is 11.9. The van der Waals surface area contributed by atoms with Gasteiger partial charge in [0.05, 0.1) is 0 Å². The van der Waals surface area contributed by atoms with Crippen LogP contribution in [0.25, 0.3) is 0 Å². The van der Waals surface area contributed by atoms with Gasteiger partial charge in [0.2, 0.25) is 11.8 Å². The summed E-state index contributed by atoms with van der Waals surface area (Å²) in [4.78, 5) is 26.3. The van der Waals surface area contributed by atoms with Crippen molar-refractivity contribution >= 4 is 46.2 Å². The molecule has 6 nitrogen and oxygen atoms in total. The van der Waals surface area contributed by atoms with Crippen molar-refractivity contribution in [2.75, 3.05) is 14.1 Å². The molecule has 2 aliphatic carbocycles. The fourth-order valence-corrected chi connectivity index (χ4v) is 5.09. The minimum Gasteiger partial charge on any atom is -0.281 e. The Morgan fingerprint density at radius 2 is 1.06 bits per heavy atom. The monoisotopic (exact) mass is 480 g/mol. The first-order valence-electron chi connectivity index (χ1n) is 11.0. The van der Waals surface area contributed by atoms with Crippen molar-refractivity contribution in [3.05, 3.63) is 71.8 Å². The predicted molar refractivity (Wildman–Crippen MR) is 136 cm³/mol. The fraction of sp³-hybridized carbons (Fsp3) is 0.360. The number of hydrogen-bond donors (Lipinski definition) is 2. The summed E-state index contributed by atoms with van der Waals surface area (Å²) in [7, 11) is 3.44. The van der Waals surface area contributed by atoms with Gasteiger partial charge in [-0.15, -0.1) is 0 Å². The van der Waals surface area contributed by atoms with Gasteiger partial charge in [0, 0.05) is 24.9 Å². The van der Waals surface area contributed by atoms with E-state index < -0.39 is 11.8 Å². The number of hydrazine groups is 2. The number of thiocarbonyl (C=S) groups is 2. The highest BCUT2D eigenvalue weighted by atomic mass is 32.1. The quantitative estimate of drug-likeness (QED) is 0.375. The fourth-order valence-electron chi connectivity index (χ4n) is 4.36. The second-order valence-electron chi connectivity index (χ2n) is 8.87. The molecule has 0 radical (unpaired) electrons. The first kappa shape index (κ1) is 23.3. The lowest BCUT2D eigenvalue weighted by molar-refractivity contribution is -0.132.